The topological polar surface area (TPSA) is 0 Å². The van der Waals surface area contributed by atoms with E-state index in [1.807, 2.05) is 0 Å². The van der Waals surface area contributed by atoms with E-state index in [9.17, 15) is 0 Å². The maximum Gasteiger partial charge on any atom is 0.0214 e. The summed E-state index contributed by atoms with van der Waals surface area (Å²) in [7, 11) is 0. The Morgan fingerprint density at radius 1 is 1.24 bits per heavy atom. The van der Waals surface area contributed by atoms with Crippen molar-refractivity contribution in [1.82, 2.24) is 0 Å². The molecular weight excluding hydrogens is 320 g/mol. The van der Waals surface area contributed by atoms with Gasteiger partial charge in [0.2, 0.25) is 0 Å². The molecule has 0 aliphatic heterocycles. The van der Waals surface area contributed by atoms with Gasteiger partial charge in [-0.25, -0.2) is 0 Å². The Morgan fingerprint density at radius 3 is 2.52 bits per heavy atom. The molecule has 0 saturated heterocycles. The molecule has 1 aliphatic carbocycles. The summed E-state index contributed by atoms with van der Waals surface area (Å²) in [5.74, 6) is 0.713. The number of allylic oxidation sites excluding steroid dienone is 5. The molecular formula is C20H33Br. The highest BCUT2D eigenvalue weighted by molar-refractivity contribution is 9.09. The molecule has 0 amide bonds. The third kappa shape index (κ3) is 6.55. The summed E-state index contributed by atoms with van der Waals surface area (Å²) in [5.41, 5.74) is 4.98. The molecule has 0 nitrogen and oxygen atoms in total. The van der Waals surface area contributed by atoms with Gasteiger partial charge in [0, 0.05) is 5.33 Å². The molecule has 1 heteroatoms. The average Bonchev–Trinajstić information content (AvgIpc) is 2.37. The number of alkyl halides is 1. The standard InChI is InChI=1S/C20H33Br/c1-16(8-6-9-17(2)13-15-21)11-12-19-18(3)10-7-14-20(19,4)5/h8,13,19H,3,6-7,9-12,14-15H2,1-2,4-5H3/b16-8+,17-13+/t19-/m1/s1. The van der Waals surface area contributed by atoms with Crippen molar-refractivity contribution in [3.05, 3.63) is 35.5 Å². The van der Waals surface area contributed by atoms with E-state index in [0.29, 0.717) is 11.3 Å². The maximum absolute atomic E-state index is 4.34. The van der Waals surface area contributed by atoms with Gasteiger partial charge >= 0.3 is 0 Å². The van der Waals surface area contributed by atoms with Crippen molar-refractivity contribution < 1.29 is 0 Å². The van der Waals surface area contributed by atoms with E-state index in [1.165, 1.54) is 56.1 Å². The van der Waals surface area contributed by atoms with E-state index in [4.69, 9.17) is 0 Å². The van der Waals surface area contributed by atoms with Crippen molar-refractivity contribution in [2.75, 3.05) is 5.33 Å². The summed E-state index contributed by atoms with van der Waals surface area (Å²) in [6.07, 6.45) is 13.5. The second-order valence-corrected chi connectivity index (χ2v) is 8.03. The third-order valence-corrected chi connectivity index (χ3v) is 5.36. The normalized spacial score (nSPS) is 23.5. The number of halogens is 1. The van der Waals surface area contributed by atoms with Gasteiger partial charge in [-0.05, 0) is 70.1 Å². The highest BCUT2D eigenvalue weighted by atomic mass is 79.9. The van der Waals surface area contributed by atoms with Crippen LogP contribution in [0.15, 0.2) is 35.5 Å². The largest absolute Gasteiger partial charge is 0.0996 e. The van der Waals surface area contributed by atoms with Crippen molar-refractivity contribution in [3.63, 3.8) is 0 Å². The fourth-order valence-corrected chi connectivity index (χ4v) is 4.07. The predicted molar refractivity (Wildman–Crippen MR) is 100 cm³/mol. The number of rotatable bonds is 7. The highest BCUT2D eigenvalue weighted by Gasteiger charge is 2.33. The smallest absolute Gasteiger partial charge is 0.0214 e. The van der Waals surface area contributed by atoms with Crippen molar-refractivity contribution in [2.24, 2.45) is 11.3 Å². The molecule has 0 bridgehead atoms. The zero-order valence-corrected chi connectivity index (χ0v) is 16.1. The van der Waals surface area contributed by atoms with E-state index in [2.05, 4.69) is 62.4 Å². The van der Waals surface area contributed by atoms with Crippen LogP contribution in [0, 0.1) is 11.3 Å². The van der Waals surface area contributed by atoms with Gasteiger partial charge in [0.05, 0.1) is 0 Å². The van der Waals surface area contributed by atoms with Crippen molar-refractivity contribution in [1.29, 1.82) is 0 Å². The Bertz CT molecular complexity index is 398. The van der Waals surface area contributed by atoms with Crippen LogP contribution in [0.5, 0.6) is 0 Å². The van der Waals surface area contributed by atoms with Crippen LogP contribution < -0.4 is 0 Å². The molecule has 120 valence electrons. The molecule has 1 atom stereocenters. The van der Waals surface area contributed by atoms with Crippen LogP contribution in [0.1, 0.15) is 72.6 Å². The molecule has 0 spiro atoms. The maximum atomic E-state index is 4.34. The Hall–Kier alpha value is -0.300. The molecule has 21 heavy (non-hydrogen) atoms. The molecule has 0 aromatic heterocycles. The van der Waals surface area contributed by atoms with E-state index < -0.39 is 0 Å². The lowest BCUT2D eigenvalue weighted by Gasteiger charge is -2.40. The minimum atomic E-state index is 0.449. The molecule has 0 aromatic rings. The Labute approximate surface area is 140 Å². The summed E-state index contributed by atoms with van der Waals surface area (Å²) in [5, 5.41) is 0.973. The molecule has 1 fully saturated rings. The minimum Gasteiger partial charge on any atom is -0.0996 e. The van der Waals surface area contributed by atoms with E-state index in [1.54, 1.807) is 5.57 Å². The monoisotopic (exact) mass is 352 g/mol. The minimum absolute atomic E-state index is 0.449. The summed E-state index contributed by atoms with van der Waals surface area (Å²) < 4.78 is 0. The first-order chi connectivity index (χ1) is 9.86. The molecule has 1 rings (SSSR count). The first-order valence-electron chi connectivity index (χ1n) is 8.41. The van der Waals surface area contributed by atoms with Gasteiger partial charge < -0.3 is 0 Å². The van der Waals surface area contributed by atoms with Crippen LogP contribution in [0.2, 0.25) is 0 Å². The quantitative estimate of drug-likeness (QED) is 0.335. The molecule has 0 heterocycles. The second kappa shape index (κ2) is 8.98. The Kier molecular flexibility index (Phi) is 8.02. The van der Waals surface area contributed by atoms with Crippen LogP contribution in [0.3, 0.4) is 0 Å². The van der Waals surface area contributed by atoms with Crippen LogP contribution in [-0.2, 0) is 0 Å². The van der Waals surface area contributed by atoms with Gasteiger partial charge in [0.25, 0.3) is 0 Å². The Morgan fingerprint density at radius 2 is 1.90 bits per heavy atom. The SMILES string of the molecule is C=C1CCCC(C)(C)[C@@H]1CC/C(C)=C/CC/C(C)=C/CBr. The van der Waals surface area contributed by atoms with Crippen LogP contribution in [0.25, 0.3) is 0 Å². The lowest BCUT2D eigenvalue weighted by Crippen LogP contribution is -2.29. The lowest BCUT2D eigenvalue weighted by molar-refractivity contribution is 0.180. The summed E-state index contributed by atoms with van der Waals surface area (Å²) in [6, 6.07) is 0. The van der Waals surface area contributed by atoms with E-state index in [0.717, 1.165) is 5.33 Å². The van der Waals surface area contributed by atoms with Gasteiger partial charge in [-0.15, -0.1) is 0 Å². The fraction of sp³-hybridized carbons (Fsp3) is 0.700. The van der Waals surface area contributed by atoms with Crippen LogP contribution in [-0.4, -0.2) is 5.33 Å². The highest BCUT2D eigenvalue weighted by Crippen LogP contribution is 2.45. The van der Waals surface area contributed by atoms with Gasteiger partial charge in [-0.3, -0.25) is 0 Å². The van der Waals surface area contributed by atoms with Crippen molar-refractivity contribution in [2.45, 2.75) is 72.6 Å². The summed E-state index contributed by atoms with van der Waals surface area (Å²) in [6.45, 7) is 13.7. The number of hydrogen-bond donors (Lipinski definition) is 0. The van der Waals surface area contributed by atoms with Gasteiger partial charge in [0.15, 0.2) is 0 Å². The summed E-state index contributed by atoms with van der Waals surface area (Å²) >= 11 is 3.46. The molecule has 0 radical (unpaired) electrons. The molecule has 1 saturated carbocycles. The van der Waals surface area contributed by atoms with Crippen molar-refractivity contribution >= 4 is 15.9 Å². The van der Waals surface area contributed by atoms with Crippen molar-refractivity contribution in [3.8, 4) is 0 Å². The van der Waals surface area contributed by atoms with Gasteiger partial charge in [-0.2, -0.15) is 0 Å². The zero-order chi connectivity index (χ0) is 15.9. The third-order valence-electron chi connectivity index (χ3n) is 5.04. The summed E-state index contributed by atoms with van der Waals surface area (Å²) in [4.78, 5) is 0. The molecule has 0 unspecified atom stereocenters. The van der Waals surface area contributed by atoms with Gasteiger partial charge in [0.1, 0.15) is 0 Å². The van der Waals surface area contributed by atoms with E-state index in [-0.39, 0.29) is 0 Å². The lowest BCUT2D eigenvalue weighted by atomic mass is 9.65. The first-order valence-corrected chi connectivity index (χ1v) is 9.54. The fourth-order valence-electron chi connectivity index (χ4n) is 3.52. The molecule has 0 aromatic carbocycles. The van der Waals surface area contributed by atoms with Crippen LogP contribution in [0.4, 0.5) is 0 Å². The molecule has 0 N–H and O–H groups in total. The van der Waals surface area contributed by atoms with Crippen LogP contribution >= 0.6 is 15.9 Å². The van der Waals surface area contributed by atoms with Gasteiger partial charge in [-0.1, -0.05) is 65.2 Å². The first kappa shape index (κ1) is 18.7. The van der Waals surface area contributed by atoms with E-state index >= 15 is 0 Å². The number of hydrogen-bond acceptors (Lipinski definition) is 0. The molecule has 1 aliphatic rings. The predicted octanol–water partition coefficient (Wildman–Crippen LogP) is 7.22. The Balaban J connectivity index is 2.42. The second-order valence-electron chi connectivity index (χ2n) is 7.39. The average molecular weight is 353 g/mol. The zero-order valence-electron chi connectivity index (χ0n) is 14.5.